The van der Waals surface area contributed by atoms with Gasteiger partial charge in [-0.15, -0.1) is 0 Å². The smallest absolute Gasteiger partial charge is 0.245 e. The van der Waals surface area contributed by atoms with Crippen LogP contribution in [0.2, 0.25) is 0 Å². The normalized spacial score (nSPS) is 20.5. The summed E-state index contributed by atoms with van der Waals surface area (Å²) in [4.78, 5) is 13.0. The topological polar surface area (TPSA) is 20.3 Å². The summed E-state index contributed by atoms with van der Waals surface area (Å²) in [5.74, 6) is 0.805. The van der Waals surface area contributed by atoms with E-state index in [4.69, 9.17) is 0 Å². The van der Waals surface area contributed by atoms with Crippen molar-refractivity contribution in [1.82, 2.24) is 4.90 Å². The molecule has 0 aromatic carbocycles. The van der Waals surface area contributed by atoms with Gasteiger partial charge in [-0.05, 0) is 18.4 Å². The van der Waals surface area contributed by atoms with Gasteiger partial charge in [0, 0.05) is 13.1 Å². The van der Waals surface area contributed by atoms with Crippen LogP contribution >= 0.6 is 0 Å². The van der Waals surface area contributed by atoms with Crippen LogP contribution in [0.15, 0.2) is 12.7 Å². The van der Waals surface area contributed by atoms with Crippen LogP contribution in [0, 0.1) is 5.92 Å². The number of amides is 1. The number of carbonyl (C=O) groups is 1. The highest BCUT2D eigenvalue weighted by Gasteiger charge is 2.22. The number of carbonyl (C=O) groups excluding carboxylic acids is 1. The molecular formula is C11H21NO. The van der Waals surface area contributed by atoms with Crippen molar-refractivity contribution in [3.63, 3.8) is 0 Å². The number of likely N-dealkylation sites (tertiary alicyclic amines) is 1. The van der Waals surface area contributed by atoms with Crippen LogP contribution in [-0.2, 0) is 4.79 Å². The highest BCUT2D eigenvalue weighted by atomic mass is 16.2. The minimum absolute atomic E-state index is 0.0842. The molecule has 1 saturated heterocycles. The maximum absolute atomic E-state index is 11.1. The van der Waals surface area contributed by atoms with Gasteiger partial charge in [-0.25, -0.2) is 0 Å². The van der Waals surface area contributed by atoms with Gasteiger partial charge < -0.3 is 4.90 Å². The molecule has 1 aliphatic heterocycles. The summed E-state index contributed by atoms with van der Waals surface area (Å²) < 4.78 is 0. The molecule has 1 fully saturated rings. The van der Waals surface area contributed by atoms with Crippen molar-refractivity contribution in [2.45, 2.75) is 33.6 Å². The quantitative estimate of drug-likeness (QED) is 0.602. The van der Waals surface area contributed by atoms with Gasteiger partial charge in [-0.2, -0.15) is 0 Å². The maximum Gasteiger partial charge on any atom is 0.245 e. The molecule has 1 heterocycles. The Labute approximate surface area is 81.6 Å². The lowest BCUT2D eigenvalue weighted by atomic mass is 10.1. The van der Waals surface area contributed by atoms with E-state index in [9.17, 15) is 4.79 Å². The Balaban J connectivity index is 0.000000671. The Morgan fingerprint density at radius 2 is 2.23 bits per heavy atom. The molecule has 1 aliphatic rings. The molecule has 0 aromatic heterocycles. The van der Waals surface area contributed by atoms with E-state index in [0.717, 1.165) is 25.4 Å². The standard InChI is InChI=1S/C9H15NO.C2H6/c1-3-8-5-6-10(7-8)9(11)4-2;1-2/h4,8H,2-3,5-7H2,1H3;1-2H3/t8-;/m0./s1. The monoisotopic (exact) mass is 183 g/mol. The van der Waals surface area contributed by atoms with E-state index in [1.165, 1.54) is 12.5 Å². The third-order valence-corrected chi connectivity index (χ3v) is 2.35. The van der Waals surface area contributed by atoms with E-state index in [2.05, 4.69) is 13.5 Å². The Morgan fingerprint density at radius 3 is 2.62 bits per heavy atom. The van der Waals surface area contributed by atoms with Gasteiger partial charge in [0.25, 0.3) is 0 Å². The SMILES string of the molecule is C=CC(=O)N1CC[C@H](CC)C1.CC. The van der Waals surface area contributed by atoms with Gasteiger partial charge in [-0.1, -0.05) is 33.8 Å². The highest BCUT2D eigenvalue weighted by Crippen LogP contribution is 2.18. The fourth-order valence-electron chi connectivity index (χ4n) is 1.50. The summed E-state index contributed by atoms with van der Waals surface area (Å²) in [6, 6.07) is 0. The second kappa shape index (κ2) is 6.70. The largest absolute Gasteiger partial charge is 0.339 e. The molecular weight excluding hydrogens is 162 g/mol. The number of hydrogen-bond donors (Lipinski definition) is 0. The first-order chi connectivity index (χ1) is 6.27. The van der Waals surface area contributed by atoms with Crippen LogP contribution in [0.4, 0.5) is 0 Å². The van der Waals surface area contributed by atoms with Crippen LogP contribution in [-0.4, -0.2) is 23.9 Å². The van der Waals surface area contributed by atoms with Crippen LogP contribution < -0.4 is 0 Å². The zero-order chi connectivity index (χ0) is 10.3. The molecule has 76 valence electrons. The fourth-order valence-corrected chi connectivity index (χ4v) is 1.50. The second-order valence-electron chi connectivity index (χ2n) is 3.05. The van der Waals surface area contributed by atoms with Crippen molar-refractivity contribution in [2.24, 2.45) is 5.92 Å². The molecule has 2 nitrogen and oxygen atoms in total. The summed E-state index contributed by atoms with van der Waals surface area (Å²) in [7, 11) is 0. The first-order valence-electron chi connectivity index (χ1n) is 5.19. The van der Waals surface area contributed by atoms with Gasteiger partial charge in [0.1, 0.15) is 0 Å². The van der Waals surface area contributed by atoms with E-state index in [1.807, 2.05) is 18.7 Å². The fraction of sp³-hybridized carbons (Fsp3) is 0.727. The van der Waals surface area contributed by atoms with Crippen molar-refractivity contribution in [3.05, 3.63) is 12.7 Å². The van der Waals surface area contributed by atoms with Crippen LogP contribution in [0.25, 0.3) is 0 Å². The van der Waals surface area contributed by atoms with Crippen molar-refractivity contribution >= 4 is 5.91 Å². The van der Waals surface area contributed by atoms with E-state index in [0.29, 0.717) is 0 Å². The van der Waals surface area contributed by atoms with E-state index < -0.39 is 0 Å². The van der Waals surface area contributed by atoms with E-state index in [-0.39, 0.29) is 5.91 Å². The van der Waals surface area contributed by atoms with Crippen LogP contribution in [0.3, 0.4) is 0 Å². The lowest BCUT2D eigenvalue weighted by Gasteiger charge is -2.12. The van der Waals surface area contributed by atoms with Crippen molar-refractivity contribution in [3.8, 4) is 0 Å². The molecule has 2 heteroatoms. The highest BCUT2D eigenvalue weighted by molar-refractivity contribution is 5.87. The molecule has 0 saturated carbocycles. The third kappa shape index (κ3) is 3.62. The minimum Gasteiger partial charge on any atom is -0.339 e. The summed E-state index contributed by atoms with van der Waals surface area (Å²) in [5.41, 5.74) is 0. The summed E-state index contributed by atoms with van der Waals surface area (Å²) in [6.45, 7) is 11.5. The molecule has 0 N–H and O–H groups in total. The summed E-state index contributed by atoms with van der Waals surface area (Å²) >= 11 is 0. The summed E-state index contributed by atoms with van der Waals surface area (Å²) in [5, 5.41) is 0. The zero-order valence-electron chi connectivity index (χ0n) is 9.05. The average Bonchev–Trinajstić information content (AvgIpc) is 2.68. The molecule has 13 heavy (non-hydrogen) atoms. The first kappa shape index (κ1) is 12.2. The Morgan fingerprint density at radius 1 is 1.62 bits per heavy atom. The molecule has 0 aliphatic carbocycles. The van der Waals surface area contributed by atoms with Crippen molar-refractivity contribution in [2.75, 3.05) is 13.1 Å². The van der Waals surface area contributed by atoms with Gasteiger partial charge in [-0.3, -0.25) is 4.79 Å². The maximum atomic E-state index is 11.1. The Kier molecular flexibility index (Phi) is 6.29. The number of hydrogen-bond acceptors (Lipinski definition) is 1. The van der Waals surface area contributed by atoms with E-state index in [1.54, 1.807) is 0 Å². The zero-order valence-corrected chi connectivity index (χ0v) is 9.05. The Hall–Kier alpha value is -0.790. The van der Waals surface area contributed by atoms with Gasteiger partial charge in [0.05, 0.1) is 0 Å². The first-order valence-corrected chi connectivity index (χ1v) is 5.19. The summed E-state index contributed by atoms with van der Waals surface area (Å²) in [6.07, 6.45) is 3.75. The van der Waals surface area contributed by atoms with Crippen molar-refractivity contribution < 1.29 is 4.79 Å². The minimum atomic E-state index is 0.0842. The molecule has 0 bridgehead atoms. The Bertz CT molecular complexity index is 165. The lowest BCUT2D eigenvalue weighted by Crippen LogP contribution is -2.26. The molecule has 0 radical (unpaired) electrons. The lowest BCUT2D eigenvalue weighted by molar-refractivity contribution is -0.125. The van der Waals surface area contributed by atoms with E-state index >= 15 is 0 Å². The van der Waals surface area contributed by atoms with Gasteiger partial charge in [0.15, 0.2) is 0 Å². The third-order valence-electron chi connectivity index (χ3n) is 2.35. The van der Waals surface area contributed by atoms with Crippen LogP contribution in [0.1, 0.15) is 33.6 Å². The number of nitrogens with zero attached hydrogens (tertiary/aromatic N) is 1. The average molecular weight is 183 g/mol. The predicted octanol–water partition coefficient (Wildman–Crippen LogP) is 2.46. The van der Waals surface area contributed by atoms with Crippen molar-refractivity contribution in [1.29, 1.82) is 0 Å². The molecule has 1 atom stereocenters. The molecule has 1 rings (SSSR count). The predicted molar refractivity (Wildman–Crippen MR) is 56.5 cm³/mol. The second-order valence-corrected chi connectivity index (χ2v) is 3.05. The van der Waals surface area contributed by atoms with Gasteiger partial charge >= 0.3 is 0 Å². The van der Waals surface area contributed by atoms with Crippen LogP contribution in [0.5, 0.6) is 0 Å². The molecule has 0 spiro atoms. The molecule has 0 aromatic rings. The molecule has 0 unspecified atom stereocenters. The molecule has 1 amide bonds. The number of rotatable bonds is 2. The van der Waals surface area contributed by atoms with Gasteiger partial charge in [0.2, 0.25) is 5.91 Å².